The molecule has 0 bridgehead atoms. The number of aromatic nitrogens is 6. The number of thiophene rings is 2. The minimum atomic E-state index is 0.678. The summed E-state index contributed by atoms with van der Waals surface area (Å²) < 4.78 is 1.76. The van der Waals surface area contributed by atoms with Crippen molar-refractivity contribution in [3.8, 4) is 16.1 Å². The third-order valence-corrected chi connectivity index (χ3v) is 6.97. The second kappa shape index (κ2) is 7.08. The SMILES string of the molecule is Cc1nc(Sc2nnnn2-c2ccccc2C)c2c(-c3cccs3)csc2n1. The summed E-state index contributed by atoms with van der Waals surface area (Å²) in [7, 11) is 0. The Morgan fingerprint density at radius 1 is 1.00 bits per heavy atom. The van der Waals surface area contributed by atoms with E-state index in [0.29, 0.717) is 5.16 Å². The highest BCUT2D eigenvalue weighted by molar-refractivity contribution is 7.99. The molecule has 4 heterocycles. The molecule has 9 heteroatoms. The first-order valence-electron chi connectivity index (χ1n) is 8.52. The molecule has 0 aliphatic heterocycles. The highest BCUT2D eigenvalue weighted by atomic mass is 32.2. The molecule has 5 aromatic rings. The first-order valence-corrected chi connectivity index (χ1v) is 11.1. The van der Waals surface area contributed by atoms with Crippen molar-refractivity contribution in [2.75, 3.05) is 0 Å². The molecule has 4 aromatic heterocycles. The van der Waals surface area contributed by atoms with E-state index in [1.807, 2.05) is 38.1 Å². The molecule has 0 aliphatic rings. The van der Waals surface area contributed by atoms with Gasteiger partial charge >= 0.3 is 0 Å². The average molecular weight is 423 g/mol. The normalized spacial score (nSPS) is 11.4. The second-order valence-electron chi connectivity index (χ2n) is 6.14. The lowest BCUT2D eigenvalue weighted by Crippen LogP contribution is -2.01. The van der Waals surface area contributed by atoms with Crippen LogP contribution in [0.15, 0.2) is 57.3 Å². The molecule has 0 spiro atoms. The summed E-state index contributed by atoms with van der Waals surface area (Å²) in [4.78, 5) is 11.5. The Hall–Kier alpha value is -2.62. The van der Waals surface area contributed by atoms with E-state index in [0.717, 1.165) is 37.9 Å². The van der Waals surface area contributed by atoms with E-state index >= 15 is 0 Å². The van der Waals surface area contributed by atoms with Gasteiger partial charge in [-0.3, -0.25) is 0 Å². The quantitative estimate of drug-likeness (QED) is 0.373. The highest BCUT2D eigenvalue weighted by Crippen LogP contribution is 2.41. The van der Waals surface area contributed by atoms with E-state index in [2.05, 4.69) is 43.4 Å². The zero-order chi connectivity index (χ0) is 19.1. The van der Waals surface area contributed by atoms with Crippen LogP contribution in [0.5, 0.6) is 0 Å². The predicted molar refractivity (Wildman–Crippen MR) is 113 cm³/mol. The number of nitrogens with zero attached hydrogens (tertiary/aromatic N) is 6. The van der Waals surface area contributed by atoms with Crippen LogP contribution in [0.3, 0.4) is 0 Å². The van der Waals surface area contributed by atoms with Gasteiger partial charge in [-0.25, -0.2) is 9.97 Å². The molecule has 1 aromatic carbocycles. The molecule has 0 N–H and O–H groups in total. The van der Waals surface area contributed by atoms with Gasteiger partial charge in [-0.1, -0.05) is 24.3 Å². The highest BCUT2D eigenvalue weighted by Gasteiger charge is 2.19. The lowest BCUT2D eigenvalue weighted by Gasteiger charge is -2.08. The molecule has 0 atom stereocenters. The molecule has 0 saturated heterocycles. The van der Waals surface area contributed by atoms with E-state index in [4.69, 9.17) is 4.98 Å². The van der Waals surface area contributed by atoms with E-state index in [9.17, 15) is 0 Å². The smallest absolute Gasteiger partial charge is 0.220 e. The molecule has 0 radical (unpaired) electrons. The van der Waals surface area contributed by atoms with Crippen molar-refractivity contribution >= 4 is 44.7 Å². The molecule has 0 aliphatic carbocycles. The third-order valence-electron chi connectivity index (χ3n) is 4.27. The number of benzene rings is 1. The van der Waals surface area contributed by atoms with E-state index < -0.39 is 0 Å². The number of para-hydroxylation sites is 1. The van der Waals surface area contributed by atoms with E-state index in [-0.39, 0.29) is 0 Å². The summed E-state index contributed by atoms with van der Waals surface area (Å²) in [5.41, 5.74) is 3.23. The lowest BCUT2D eigenvalue weighted by molar-refractivity contribution is 0.751. The summed E-state index contributed by atoms with van der Waals surface area (Å²) in [6.45, 7) is 3.96. The first kappa shape index (κ1) is 17.5. The van der Waals surface area contributed by atoms with Crippen LogP contribution >= 0.6 is 34.4 Å². The first-order chi connectivity index (χ1) is 13.7. The minimum absolute atomic E-state index is 0.678. The Morgan fingerprint density at radius 3 is 2.71 bits per heavy atom. The Balaban J connectivity index is 1.65. The fraction of sp³-hybridized carbons (Fsp3) is 0.105. The van der Waals surface area contributed by atoms with Crippen LogP contribution in [-0.2, 0) is 0 Å². The number of hydrogen-bond donors (Lipinski definition) is 0. The van der Waals surface area contributed by atoms with Gasteiger partial charge in [0, 0.05) is 15.8 Å². The molecule has 0 saturated carbocycles. The third kappa shape index (κ3) is 3.01. The molecular weight excluding hydrogens is 408 g/mol. The Bertz CT molecular complexity index is 1270. The second-order valence-corrected chi connectivity index (χ2v) is 8.91. The van der Waals surface area contributed by atoms with Crippen LogP contribution in [0, 0.1) is 13.8 Å². The Morgan fingerprint density at radius 2 is 1.89 bits per heavy atom. The summed E-state index contributed by atoms with van der Waals surface area (Å²) in [5, 5.41) is 19.2. The van der Waals surface area contributed by atoms with Crippen molar-refractivity contribution in [1.82, 2.24) is 30.2 Å². The van der Waals surface area contributed by atoms with Crippen molar-refractivity contribution in [3.63, 3.8) is 0 Å². The van der Waals surface area contributed by atoms with Gasteiger partial charge in [-0.05, 0) is 59.1 Å². The summed E-state index contributed by atoms with van der Waals surface area (Å²) in [6.07, 6.45) is 0. The number of tetrazole rings is 1. The fourth-order valence-electron chi connectivity index (χ4n) is 2.98. The molecule has 28 heavy (non-hydrogen) atoms. The monoisotopic (exact) mass is 422 g/mol. The number of rotatable bonds is 4. The molecule has 6 nitrogen and oxygen atoms in total. The van der Waals surface area contributed by atoms with Gasteiger partial charge in [0.15, 0.2) is 0 Å². The largest absolute Gasteiger partial charge is 0.226 e. The maximum Gasteiger partial charge on any atom is 0.220 e. The van der Waals surface area contributed by atoms with Crippen LogP contribution in [0.2, 0.25) is 0 Å². The van der Waals surface area contributed by atoms with Gasteiger partial charge in [0.1, 0.15) is 15.7 Å². The van der Waals surface area contributed by atoms with Crippen LogP contribution in [0.25, 0.3) is 26.3 Å². The number of hydrogen-bond acceptors (Lipinski definition) is 8. The van der Waals surface area contributed by atoms with Crippen LogP contribution < -0.4 is 0 Å². The molecule has 0 fully saturated rings. The van der Waals surface area contributed by atoms with Gasteiger partial charge in [-0.15, -0.1) is 27.8 Å². The Kier molecular flexibility index (Phi) is 4.42. The zero-order valence-electron chi connectivity index (χ0n) is 15.0. The van der Waals surface area contributed by atoms with E-state index in [1.165, 1.54) is 16.6 Å². The zero-order valence-corrected chi connectivity index (χ0v) is 17.5. The fourth-order valence-corrected chi connectivity index (χ4v) is 5.81. The molecule has 0 unspecified atom stereocenters. The lowest BCUT2D eigenvalue weighted by atomic mass is 10.2. The van der Waals surface area contributed by atoms with Gasteiger partial charge in [-0.2, -0.15) is 4.68 Å². The summed E-state index contributed by atoms with van der Waals surface area (Å²) in [6, 6.07) is 12.2. The van der Waals surface area contributed by atoms with Crippen molar-refractivity contribution in [2.24, 2.45) is 0 Å². The molecule has 0 amide bonds. The van der Waals surface area contributed by atoms with Crippen molar-refractivity contribution < 1.29 is 0 Å². The van der Waals surface area contributed by atoms with Gasteiger partial charge in [0.2, 0.25) is 5.16 Å². The van der Waals surface area contributed by atoms with Gasteiger partial charge in [0.05, 0.1) is 11.1 Å². The standard InChI is InChI=1S/C19H14N6S3/c1-11-6-3-4-7-14(11)25-19(22-23-24-25)28-18-16-13(15-8-5-9-26-15)10-27-17(16)20-12(2)21-18/h3-10H,1-2H3. The van der Waals surface area contributed by atoms with Crippen LogP contribution in [0.1, 0.15) is 11.4 Å². The van der Waals surface area contributed by atoms with Crippen molar-refractivity contribution in [2.45, 2.75) is 24.0 Å². The number of aryl methyl sites for hydroxylation is 2. The summed E-state index contributed by atoms with van der Waals surface area (Å²) in [5.74, 6) is 0.740. The molecule has 5 rings (SSSR count). The van der Waals surface area contributed by atoms with Gasteiger partial charge in [0.25, 0.3) is 0 Å². The number of fused-ring (bicyclic) bond motifs is 1. The van der Waals surface area contributed by atoms with Crippen LogP contribution in [-0.4, -0.2) is 30.2 Å². The maximum absolute atomic E-state index is 4.73. The Labute approximate surface area is 173 Å². The average Bonchev–Trinajstić information content (AvgIpc) is 3.42. The molecular formula is C19H14N6S3. The van der Waals surface area contributed by atoms with Crippen molar-refractivity contribution in [1.29, 1.82) is 0 Å². The maximum atomic E-state index is 4.73. The summed E-state index contributed by atoms with van der Waals surface area (Å²) >= 11 is 4.83. The van der Waals surface area contributed by atoms with Crippen molar-refractivity contribution in [3.05, 3.63) is 58.5 Å². The molecule has 138 valence electrons. The minimum Gasteiger partial charge on any atom is -0.226 e. The van der Waals surface area contributed by atoms with E-state index in [1.54, 1.807) is 27.4 Å². The predicted octanol–water partition coefficient (Wildman–Crippen LogP) is 5.16. The van der Waals surface area contributed by atoms with Crippen LogP contribution in [0.4, 0.5) is 0 Å². The van der Waals surface area contributed by atoms with Gasteiger partial charge < -0.3 is 0 Å². The topological polar surface area (TPSA) is 69.4 Å².